The molecule has 0 spiro atoms. The molecule has 0 fully saturated rings. The van der Waals surface area contributed by atoms with Crippen molar-refractivity contribution in [2.75, 3.05) is 0 Å². The zero-order valence-corrected chi connectivity index (χ0v) is 19.9. The third kappa shape index (κ3) is 4.82. The van der Waals surface area contributed by atoms with Gasteiger partial charge in [-0.25, -0.2) is 26.3 Å². The van der Waals surface area contributed by atoms with Crippen LogP contribution in [-0.2, 0) is 20.0 Å². The zero-order valence-electron chi connectivity index (χ0n) is 18.3. The smallest absolute Gasteiger partial charge is 0.241 e. The Balaban J connectivity index is 2.10. The quantitative estimate of drug-likeness (QED) is 0.403. The van der Waals surface area contributed by atoms with E-state index in [0.717, 1.165) is 0 Å². The normalized spacial score (nSPS) is 14.3. The first-order valence-electron chi connectivity index (χ1n) is 9.63. The summed E-state index contributed by atoms with van der Waals surface area (Å²) in [6.45, 7) is 10.4. The lowest BCUT2D eigenvalue weighted by Crippen LogP contribution is -2.40. The summed E-state index contributed by atoms with van der Waals surface area (Å²) in [7, 11) is -7.61. The highest BCUT2D eigenvalue weighted by molar-refractivity contribution is 7.89. The molecular weight excluding hydrogens is 438 g/mol. The minimum atomic E-state index is -3.80. The maximum atomic E-state index is 12.7. The summed E-state index contributed by atoms with van der Waals surface area (Å²) in [4.78, 5) is 0.0507. The SMILES string of the molecule is CC(C)(C)NS(=O)(=O)c1ccc2c(c1)C(=NO)c1cc(S(=O)(=O)NC(C)(C)C)ccc1-2. The molecule has 0 atom stereocenters. The van der Waals surface area contributed by atoms with Crippen LogP contribution in [0.1, 0.15) is 52.7 Å². The van der Waals surface area contributed by atoms with Crippen molar-refractivity contribution in [3.05, 3.63) is 47.5 Å². The van der Waals surface area contributed by atoms with Crippen molar-refractivity contribution in [1.29, 1.82) is 0 Å². The van der Waals surface area contributed by atoms with Gasteiger partial charge < -0.3 is 5.21 Å². The average molecular weight is 466 g/mol. The number of fused-ring (bicyclic) bond motifs is 3. The summed E-state index contributed by atoms with van der Waals surface area (Å²) in [5.41, 5.74) is 0.914. The first-order chi connectivity index (χ1) is 14.0. The fraction of sp³-hybridized carbons (Fsp3) is 0.381. The van der Waals surface area contributed by atoms with Crippen molar-refractivity contribution in [3.63, 3.8) is 0 Å². The number of rotatable bonds is 4. The number of hydrogen-bond donors (Lipinski definition) is 3. The predicted molar refractivity (Wildman–Crippen MR) is 119 cm³/mol. The first-order valence-corrected chi connectivity index (χ1v) is 12.6. The van der Waals surface area contributed by atoms with Crippen molar-refractivity contribution in [1.82, 2.24) is 9.44 Å². The molecule has 2 aromatic rings. The van der Waals surface area contributed by atoms with E-state index < -0.39 is 31.1 Å². The number of sulfonamides is 2. The highest BCUT2D eigenvalue weighted by atomic mass is 32.2. The molecule has 3 N–H and O–H groups in total. The second-order valence-corrected chi connectivity index (χ2v) is 12.9. The molecule has 31 heavy (non-hydrogen) atoms. The second-order valence-electron chi connectivity index (χ2n) is 9.57. The van der Waals surface area contributed by atoms with E-state index in [2.05, 4.69) is 14.6 Å². The van der Waals surface area contributed by atoms with Crippen LogP contribution in [0.25, 0.3) is 11.1 Å². The Morgan fingerprint density at radius 1 is 0.677 bits per heavy atom. The van der Waals surface area contributed by atoms with Crippen molar-refractivity contribution >= 4 is 25.8 Å². The van der Waals surface area contributed by atoms with Gasteiger partial charge >= 0.3 is 0 Å². The summed E-state index contributed by atoms with van der Waals surface area (Å²) in [5.74, 6) is 0. The van der Waals surface area contributed by atoms with E-state index in [-0.39, 0.29) is 15.5 Å². The van der Waals surface area contributed by atoms with Gasteiger partial charge in [0.1, 0.15) is 5.71 Å². The predicted octanol–water partition coefficient (Wildman–Crippen LogP) is 3.05. The standard InChI is InChI=1S/C21H27N3O5S2/c1-20(2,3)23-30(26,27)13-7-9-15-16-10-8-14(31(28,29)24-21(4,5)6)12-18(16)19(22-25)17(15)11-13/h7-12,23-25H,1-6H3. The second kappa shape index (κ2) is 7.40. The molecule has 0 radical (unpaired) electrons. The van der Waals surface area contributed by atoms with Gasteiger partial charge in [-0.2, -0.15) is 0 Å². The van der Waals surface area contributed by atoms with Crippen LogP contribution in [0.2, 0.25) is 0 Å². The van der Waals surface area contributed by atoms with E-state index in [0.29, 0.717) is 22.3 Å². The van der Waals surface area contributed by atoms with Crippen molar-refractivity contribution < 1.29 is 22.0 Å². The number of nitrogens with one attached hydrogen (secondary N) is 2. The molecule has 8 nitrogen and oxygen atoms in total. The van der Waals surface area contributed by atoms with Crippen LogP contribution in [-0.4, -0.2) is 38.8 Å². The van der Waals surface area contributed by atoms with Crippen LogP contribution >= 0.6 is 0 Å². The van der Waals surface area contributed by atoms with Crippen LogP contribution in [0.5, 0.6) is 0 Å². The summed E-state index contributed by atoms with van der Waals surface area (Å²) < 4.78 is 56.1. The minimum absolute atomic E-state index is 0.0253. The molecule has 168 valence electrons. The van der Waals surface area contributed by atoms with Crippen molar-refractivity contribution in [3.8, 4) is 11.1 Å². The summed E-state index contributed by atoms with van der Waals surface area (Å²) >= 11 is 0. The van der Waals surface area contributed by atoms with Gasteiger partial charge in [-0.05, 0) is 76.9 Å². The van der Waals surface area contributed by atoms with E-state index in [1.807, 2.05) is 0 Å². The minimum Gasteiger partial charge on any atom is -0.410 e. The van der Waals surface area contributed by atoms with E-state index in [1.165, 1.54) is 24.3 Å². The van der Waals surface area contributed by atoms with Gasteiger partial charge in [-0.1, -0.05) is 17.3 Å². The summed E-state index contributed by atoms with van der Waals surface area (Å²) in [6.07, 6.45) is 0. The summed E-state index contributed by atoms with van der Waals surface area (Å²) in [6, 6.07) is 9.07. The molecule has 0 bridgehead atoms. The fourth-order valence-electron chi connectivity index (χ4n) is 3.42. The van der Waals surface area contributed by atoms with Gasteiger partial charge in [0.2, 0.25) is 20.0 Å². The van der Waals surface area contributed by atoms with Crippen molar-refractivity contribution in [2.24, 2.45) is 5.16 Å². The molecule has 0 amide bonds. The molecule has 3 rings (SSSR count). The highest BCUT2D eigenvalue weighted by Crippen LogP contribution is 2.39. The molecule has 1 aliphatic rings. The average Bonchev–Trinajstić information content (AvgIpc) is 2.89. The maximum Gasteiger partial charge on any atom is 0.241 e. The van der Waals surface area contributed by atoms with Gasteiger partial charge in [0.05, 0.1) is 9.79 Å². The Morgan fingerprint density at radius 3 is 1.32 bits per heavy atom. The van der Waals surface area contributed by atoms with Crippen LogP contribution in [0.3, 0.4) is 0 Å². The summed E-state index contributed by atoms with van der Waals surface area (Å²) in [5, 5.41) is 13.0. The lowest BCUT2D eigenvalue weighted by molar-refractivity contribution is 0.320. The molecular formula is C21H27N3O5S2. The van der Waals surface area contributed by atoms with Gasteiger partial charge in [0.15, 0.2) is 0 Å². The third-order valence-corrected chi connectivity index (χ3v) is 7.90. The Hall–Kier alpha value is -2.27. The molecule has 0 saturated carbocycles. The molecule has 2 aromatic carbocycles. The Morgan fingerprint density at radius 2 is 1.03 bits per heavy atom. The Bertz CT molecular complexity index is 1190. The van der Waals surface area contributed by atoms with Gasteiger partial charge in [0, 0.05) is 22.2 Å². The molecule has 0 aromatic heterocycles. The maximum absolute atomic E-state index is 12.7. The largest absolute Gasteiger partial charge is 0.410 e. The third-order valence-electron chi connectivity index (χ3n) is 4.38. The first kappa shape index (κ1) is 23.4. The van der Waals surface area contributed by atoms with Gasteiger partial charge in [-0.15, -0.1) is 0 Å². The highest BCUT2D eigenvalue weighted by Gasteiger charge is 2.31. The molecule has 0 unspecified atom stereocenters. The van der Waals surface area contributed by atoms with E-state index in [4.69, 9.17) is 0 Å². The van der Waals surface area contributed by atoms with Crippen LogP contribution < -0.4 is 9.44 Å². The number of oxime groups is 1. The van der Waals surface area contributed by atoms with E-state index in [9.17, 15) is 22.0 Å². The van der Waals surface area contributed by atoms with E-state index in [1.54, 1.807) is 53.7 Å². The number of benzene rings is 2. The molecule has 10 heteroatoms. The molecule has 0 heterocycles. The molecule has 1 aliphatic carbocycles. The van der Waals surface area contributed by atoms with Crippen LogP contribution in [0, 0.1) is 0 Å². The van der Waals surface area contributed by atoms with Gasteiger partial charge in [0.25, 0.3) is 0 Å². The Kier molecular flexibility index (Phi) is 5.59. The monoisotopic (exact) mass is 465 g/mol. The molecule has 0 aliphatic heterocycles. The van der Waals surface area contributed by atoms with Crippen LogP contribution in [0.4, 0.5) is 0 Å². The van der Waals surface area contributed by atoms with E-state index >= 15 is 0 Å². The topological polar surface area (TPSA) is 125 Å². The van der Waals surface area contributed by atoms with Crippen molar-refractivity contribution in [2.45, 2.75) is 62.4 Å². The number of nitrogens with zero attached hydrogens (tertiary/aromatic N) is 1. The molecule has 0 saturated heterocycles. The Labute approximate surface area is 183 Å². The lowest BCUT2D eigenvalue weighted by Gasteiger charge is -2.20. The fourth-order valence-corrected chi connectivity index (χ4v) is 6.31. The number of hydrogen-bond acceptors (Lipinski definition) is 6. The van der Waals surface area contributed by atoms with Crippen LogP contribution in [0.15, 0.2) is 51.3 Å². The zero-order chi connectivity index (χ0) is 23.4. The lowest BCUT2D eigenvalue weighted by atomic mass is 10.1. The van der Waals surface area contributed by atoms with Gasteiger partial charge in [-0.3, -0.25) is 0 Å².